The van der Waals surface area contributed by atoms with E-state index in [-0.39, 0.29) is 0 Å². The standard InChI is InChI=1S/C15H21N/c1-2-3-7-10-16-15-11-14(12-15)13-8-5-4-6-9-13/h2-6,8-9,14-16H,7,10-12H2,1H3/b3-2+. The van der Waals surface area contributed by atoms with Crippen LogP contribution in [0.5, 0.6) is 0 Å². The van der Waals surface area contributed by atoms with Gasteiger partial charge in [0.1, 0.15) is 0 Å². The van der Waals surface area contributed by atoms with Gasteiger partial charge in [-0.05, 0) is 44.2 Å². The van der Waals surface area contributed by atoms with Crippen molar-refractivity contribution in [1.82, 2.24) is 5.32 Å². The Morgan fingerprint density at radius 3 is 2.69 bits per heavy atom. The van der Waals surface area contributed by atoms with Gasteiger partial charge in [-0.1, -0.05) is 42.5 Å². The fourth-order valence-electron chi connectivity index (χ4n) is 2.32. The van der Waals surface area contributed by atoms with E-state index in [2.05, 4.69) is 54.7 Å². The summed E-state index contributed by atoms with van der Waals surface area (Å²) in [4.78, 5) is 0. The predicted octanol–water partition coefficient (Wildman–Crippen LogP) is 3.49. The Bertz CT molecular complexity index is 323. The van der Waals surface area contributed by atoms with Crippen LogP contribution in [0.4, 0.5) is 0 Å². The first-order valence-corrected chi connectivity index (χ1v) is 6.29. The molecule has 1 nitrogen and oxygen atoms in total. The molecule has 86 valence electrons. The highest BCUT2D eigenvalue weighted by atomic mass is 14.9. The highest BCUT2D eigenvalue weighted by Gasteiger charge is 2.29. The lowest BCUT2D eigenvalue weighted by molar-refractivity contribution is 0.293. The molecule has 0 unspecified atom stereocenters. The van der Waals surface area contributed by atoms with Crippen LogP contribution in [0.1, 0.15) is 37.7 Å². The van der Waals surface area contributed by atoms with Gasteiger partial charge in [-0.15, -0.1) is 0 Å². The Kier molecular flexibility index (Phi) is 4.17. The molecule has 1 aliphatic rings. The smallest absolute Gasteiger partial charge is 0.00788 e. The predicted molar refractivity (Wildman–Crippen MR) is 69.6 cm³/mol. The molecule has 1 aromatic rings. The van der Waals surface area contributed by atoms with Gasteiger partial charge in [-0.25, -0.2) is 0 Å². The van der Waals surface area contributed by atoms with Crippen LogP contribution >= 0.6 is 0 Å². The first-order chi connectivity index (χ1) is 7.90. The third kappa shape index (κ3) is 2.96. The molecule has 1 aromatic carbocycles. The van der Waals surface area contributed by atoms with Crippen molar-refractivity contribution in [2.45, 2.75) is 38.1 Å². The van der Waals surface area contributed by atoms with Gasteiger partial charge in [0.15, 0.2) is 0 Å². The van der Waals surface area contributed by atoms with Crippen molar-refractivity contribution in [2.75, 3.05) is 6.54 Å². The summed E-state index contributed by atoms with van der Waals surface area (Å²) in [6.45, 7) is 3.20. The minimum absolute atomic E-state index is 0.746. The molecular weight excluding hydrogens is 194 g/mol. The SMILES string of the molecule is C/C=C/CCNC1CC(c2ccccc2)C1. The van der Waals surface area contributed by atoms with Crippen LogP contribution < -0.4 is 5.32 Å². The molecule has 0 saturated heterocycles. The highest BCUT2D eigenvalue weighted by Crippen LogP contribution is 2.36. The molecule has 1 fully saturated rings. The van der Waals surface area contributed by atoms with Gasteiger partial charge in [0, 0.05) is 6.04 Å². The number of nitrogens with one attached hydrogen (secondary N) is 1. The number of allylic oxidation sites excluding steroid dienone is 1. The van der Waals surface area contributed by atoms with E-state index in [1.807, 2.05) is 0 Å². The van der Waals surface area contributed by atoms with Gasteiger partial charge >= 0.3 is 0 Å². The van der Waals surface area contributed by atoms with Gasteiger partial charge in [-0.2, -0.15) is 0 Å². The van der Waals surface area contributed by atoms with Crippen molar-refractivity contribution in [2.24, 2.45) is 0 Å². The average molecular weight is 215 g/mol. The Morgan fingerprint density at radius 2 is 2.00 bits per heavy atom. The summed E-state index contributed by atoms with van der Waals surface area (Å²) in [7, 11) is 0. The summed E-state index contributed by atoms with van der Waals surface area (Å²) >= 11 is 0. The molecule has 0 amide bonds. The van der Waals surface area contributed by atoms with Gasteiger partial charge in [0.2, 0.25) is 0 Å². The normalized spacial score (nSPS) is 24.6. The third-order valence-corrected chi connectivity index (χ3v) is 3.39. The Morgan fingerprint density at radius 1 is 1.25 bits per heavy atom. The second-order valence-electron chi connectivity index (χ2n) is 4.59. The summed E-state index contributed by atoms with van der Waals surface area (Å²) in [5.41, 5.74) is 1.51. The summed E-state index contributed by atoms with van der Waals surface area (Å²) in [5.74, 6) is 0.792. The lowest BCUT2D eigenvalue weighted by atomic mass is 9.76. The van der Waals surface area contributed by atoms with Crippen LogP contribution in [0, 0.1) is 0 Å². The summed E-state index contributed by atoms with van der Waals surface area (Å²) < 4.78 is 0. The van der Waals surface area contributed by atoms with Crippen molar-refractivity contribution in [3.8, 4) is 0 Å². The van der Waals surface area contributed by atoms with Crippen LogP contribution in [0.3, 0.4) is 0 Å². The first kappa shape index (κ1) is 11.4. The van der Waals surface area contributed by atoms with E-state index in [9.17, 15) is 0 Å². The van der Waals surface area contributed by atoms with Crippen LogP contribution in [-0.4, -0.2) is 12.6 Å². The van der Waals surface area contributed by atoms with Crippen molar-refractivity contribution < 1.29 is 0 Å². The summed E-state index contributed by atoms with van der Waals surface area (Å²) in [6.07, 6.45) is 8.11. The van der Waals surface area contributed by atoms with Crippen molar-refractivity contribution in [3.05, 3.63) is 48.0 Å². The molecule has 1 aliphatic carbocycles. The van der Waals surface area contributed by atoms with E-state index in [4.69, 9.17) is 0 Å². The number of hydrogen-bond acceptors (Lipinski definition) is 1. The number of hydrogen-bond donors (Lipinski definition) is 1. The molecule has 1 heteroatoms. The van der Waals surface area contributed by atoms with E-state index in [1.54, 1.807) is 0 Å². The molecule has 0 aromatic heterocycles. The quantitative estimate of drug-likeness (QED) is 0.585. The lowest BCUT2D eigenvalue weighted by Gasteiger charge is -2.36. The monoisotopic (exact) mass is 215 g/mol. The molecule has 0 heterocycles. The van der Waals surface area contributed by atoms with Gasteiger partial charge < -0.3 is 5.32 Å². The van der Waals surface area contributed by atoms with Crippen molar-refractivity contribution >= 4 is 0 Å². The number of benzene rings is 1. The molecule has 0 aliphatic heterocycles. The lowest BCUT2D eigenvalue weighted by Crippen LogP contribution is -2.40. The zero-order valence-corrected chi connectivity index (χ0v) is 10.0. The van der Waals surface area contributed by atoms with E-state index < -0.39 is 0 Å². The van der Waals surface area contributed by atoms with E-state index >= 15 is 0 Å². The van der Waals surface area contributed by atoms with Crippen LogP contribution in [0.25, 0.3) is 0 Å². The molecule has 0 radical (unpaired) electrons. The minimum Gasteiger partial charge on any atom is -0.314 e. The van der Waals surface area contributed by atoms with E-state index in [0.29, 0.717) is 0 Å². The Balaban J connectivity index is 1.66. The maximum Gasteiger partial charge on any atom is 0.00788 e. The van der Waals surface area contributed by atoms with Crippen LogP contribution in [0.15, 0.2) is 42.5 Å². The molecule has 0 spiro atoms. The van der Waals surface area contributed by atoms with Crippen LogP contribution in [0.2, 0.25) is 0 Å². The molecule has 2 rings (SSSR count). The third-order valence-electron chi connectivity index (χ3n) is 3.39. The van der Waals surface area contributed by atoms with Crippen LogP contribution in [-0.2, 0) is 0 Å². The topological polar surface area (TPSA) is 12.0 Å². The van der Waals surface area contributed by atoms with E-state index in [0.717, 1.165) is 24.9 Å². The first-order valence-electron chi connectivity index (χ1n) is 6.29. The maximum atomic E-state index is 3.60. The Labute approximate surface area is 98.6 Å². The van der Waals surface area contributed by atoms with Crippen molar-refractivity contribution in [1.29, 1.82) is 0 Å². The molecule has 0 atom stereocenters. The summed E-state index contributed by atoms with van der Waals surface area (Å²) in [6, 6.07) is 11.6. The second-order valence-corrected chi connectivity index (χ2v) is 4.59. The molecule has 1 saturated carbocycles. The Hall–Kier alpha value is -1.08. The fraction of sp³-hybridized carbons (Fsp3) is 0.467. The second kappa shape index (κ2) is 5.86. The minimum atomic E-state index is 0.746. The number of rotatable bonds is 5. The fourth-order valence-corrected chi connectivity index (χ4v) is 2.32. The van der Waals surface area contributed by atoms with Gasteiger partial charge in [0.25, 0.3) is 0 Å². The zero-order chi connectivity index (χ0) is 11.2. The van der Waals surface area contributed by atoms with Crippen molar-refractivity contribution in [3.63, 3.8) is 0 Å². The van der Waals surface area contributed by atoms with Gasteiger partial charge in [0.05, 0.1) is 0 Å². The van der Waals surface area contributed by atoms with E-state index in [1.165, 1.54) is 18.4 Å². The molecular formula is C15H21N. The largest absolute Gasteiger partial charge is 0.314 e. The summed E-state index contributed by atoms with van der Waals surface area (Å²) in [5, 5.41) is 3.60. The van der Waals surface area contributed by atoms with Gasteiger partial charge in [-0.3, -0.25) is 0 Å². The molecule has 0 bridgehead atoms. The molecule has 1 N–H and O–H groups in total. The maximum absolute atomic E-state index is 3.60. The highest BCUT2D eigenvalue weighted by molar-refractivity contribution is 5.22. The zero-order valence-electron chi connectivity index (χ0n) is 10.0. The average Bonchev–Trinajstić information content (AvgIpc) is 2.28. The molecule has 16 heavy (non-hydrogen) atoms.